The van der Waals surface area contributed by atoms with Crippen LogP contribution in [0.5, 0.6) is 0 Å². The first-order valence-electron chi connectivity index (χ1n) is 6.49. The minimum atomic E-state index is -1.04. The maximum absolute atomic E-state index is 13.4. The minimum absolute atomic E-state index is 0.0826. The molecule has 21 heavy (non-hydrogen) atoms. The highest BCUT2D eigenvalue weighted by molar-refractivity contribution is 9.10. The first kappa shape index (κ1) is 16.2. The largest absolute Gasteiger partial charge is 0.340 e. The molecule has 1 aliphatic rings. The van der Waals surface area contributed by atoms with Crippen LogP contribution >= 0.6 is 27.5 Å². The van der Waals surface area contributed by atoms with Crippen molar-refractivity contribution in [1.82, 2.24) is 5.32 Å². The van der Waals surface area contributed by atoms with E-state index in [2.05, 4.69) is 21.2 Å². The molecule has 0 spiro atoms. The van der Waals surface area contributed by atoms with Crippen LogP contribution in [0, 0.1) is 5.82 Å². The number of anilines is 1. The second-order valence-corrected chi connectivity index (χ2v) is 6.69. The summed E-state index contributed by atoms with van der Waals surface area (Å²) in [6.45, 7) is 5.04. The molecule has 1 aliphatic heterocycles. The summed E-state index contributed by atoms with van der Waals surface area (Å²) in [4.78, 5) is 26.3. The predicted molar refractivity (Wildman–Crippen MR) is 82.9 cm³/mol. The van der Waals surface area contributed by atoms with Gasteiger partial charge in [0.1, 0.15) is 17.4 Å². The van der Waals surface area contributed by atoms with Crippen LogP contribution in [0.25, 0.3) is 0 Å². The molecule has 0 radical (unpaired) electrons. The molecule has 1 atom stereocenters. The van der Waals surface area contributed by atoms with Gasteiger partial charge in [-0.25, -0.2) is 4.39 Å². The summed E-state index contributed by atoms with van der Waals surface area (Å²) in [5, 5.41) is 2.78. The Kier molecular flexibility index (Phi) is 4.31. The Bertz CT molecular complexity index is 598. The standard InChI is InChI=1S/C14H15BrClFN2O2/c1-4-10-12(20)18-14(2,3)13(21)19(10)11-8(15)5-7(17)6-9(11)16/h5-6,10H,4H2,1-3H3,(H,18,20). The smallest absolute Gasteiger partial charge is 0.252 e. The molecule has 1 unspecified atom stereocenters. The number of amides is 2. The van der Waals surface area contributed by atoms with Crippen LogP contribution in [0.1, 0.15) is 27.2 Å². The van der Waals surface area contributed by atoms with Gasteiger partial charge in [0, 0.05) is 4.47 Å². The lowest BCUT2D eigenvalue weighted by Crippen LogP contribution is -2.68. The molecule has 0 aromatic heterocycles. The number of nitrogens with zero attached hydrogens (tertiary/aromatic N) is 1. The van der Waals surface area contributed by atoms with Gasteiger partial charge in [0.05, 0.1) is 10.7 Å². The van der Waals surface area contributed by atoms with Gasteiger partial charge in [-0.1, -0.05) is 18.5 Å². The van der Waals surface area contributed by atoms with Gasteiger partial charge in [0.25, 0.3) is 5.91 Å². The zero-order chi connectivity index (χ0) is 15.9. The van der Waals surface area contributed by atoms with E-state index < -0.39 is 17.4 Å². The minimum Gasteiger partial charge on any atom is -0.340 e. The number of hydrogen-bond acceptors (Lipinski definition) is 2. The van der Waals surface area contributed by atoms with Crippen molar-refractivity contribution in [2.24, 2.45) is 0 Å². The quantitative estimate of drug-likeness (QED) is 0.860. The average Bonchev–Trinajstić information content (AvgIpc) is 2.33. The Hall–Kier alpha value is -1.14. The van der Waals surface area contributed by atoms with Crippen molar-refractivity contribution in [2.45, 2.75) is 38.8 Å². The van der Waals surface area contributed by atoms with Gasteiger partial charge in [-0.05, 0) is 48.3 Å². The SMILES string of the molecule is CCC1C(=O)NC(C)(C)C(=O)N1c1c(Cl)cc(F)cc1Br. The highest BCUT2D eigenvalue weighted by atomic mass is 79.9. The fraction of sp³-hybridized carbons (Fsp3) is 0.429. The molecule has 0 saturated carbocycles. The lowest BCUT2D eigenvalue weighted by molar-refractivity contribution is -0.137. The Morgan fingerprint density at radius 1 is 1.43 bits per heavy atom. The van der Waals surface area contributed by atoms with Gasteiger partial charge in [0.15, 0.2) is 0 Å². The van der Waals surface area contributed by atoms with E-state index in [1.54, 1.807) is 20.8 Å². The van der Waals surface area contributed by atoms with Crippen LogP contribution < -0.4 is 10.2 Å². The molecule has 1 aromatic rings. The van der Waals surface area contributed by atoms with Gasteiger partial charge < -0.3 is 5.32 Å². The topological polar surface area (TPSA) is 49.4 Å². The van der Waals surface area contributed by atoms with E-state index >= 15 is 0 Å². The van der Waals surface area contributed by atoms with Crippen molar-refractivity contribution >= 4 is 45.0 Å². The third kappa shape index (κ3) is 2.79. The summed E-state index contributed by atoms with van der Waals surface area (Å²) in [5.74, 6) is -1.06. The van der Waals surface area contributed by atoms with E-state index in [-0.39, 0.29) is 16.8 Å². The highest BCUT2D eigenvalue weighted by Gasteiger charge is 2.46. The maximum Gasteiger partial charge on any atom is 0.252 e. The summed E-state index contributed by atoms with van der Waals surface area (Å²) in [5.41, 5.74) is -0.724. The summed E-state index contributed by atoms with van der Waals surface area (Å²) in [7, 11) is 0. The molecule has 2 rings (SSSR count). The second-order valence-electron chi connectivity index (χ2n) is 5.43. The lowest BCUT2D eigenvalue weighted by atomic mass is 9.95. The molecule has 2 amide bonds. The Morgan fingerprint density at radius 3 is 2.57 bits per heavy atom. The maximum atomic E-state index is 13.4. The average molecular weight is 378 g/mol. The number of halogens is 3. The molecular weight excluding hydrogens is 363 g/mol. The molecule has 7 heteroatoms. The lowest BCUT2D eigenvalue weighted by Gasteiger charge is -2.43. The molecule has 1 fully saturated rings. The van der Waals surface area contributed by atoms with E-state index in [1.807, 2.05) is 0 Å². The second kappa shape index (κ2) is 5.57. The van der Waals surface area contributed by atoms with Crippen LogP contribution in [-0.4, -0.2) is 23.4 Å². The van der Waals surface area contributed by atoms with Crippen LogP contribution in [0.4, 0.5) is 10.1 Å². The zero-order valence-electron chi connectivity index (χ0n) is 11.8. The first-order valence-corrected chi connectivity index (χ1v) is 7.66. The van der Waals surface area contributed by atoms with Gasteiger partial charge in [0.2, 0.25) is 5.91 Å². The molecule has 1 heterocycles. The summed E-state index contributed by atoms with van der Waals surface area (Å²) >= 11 is 9.33. The molecule has 0 bridgehead atoms. The molecule has 114 valence electrons. The number of rotatable bonds is 2. The van der Waals surface area contributed by atoms with Crippen LogP contribution in [-0.2, 0) is 9.59 Å². The molecule has 1 N–H and O–H groups in total. The molecule has 0 aliphatic carbocycles. The van der Waals surface area contributed by atoms with E-state index in [1.165, 1.54) is 11.0 Å². The van der Waals surface area contributed by atoms with Crippen LogP contribution in [0.2, 0.25) is 5.02 Å². The van der Waals surface area contributed by atoms with Gasteiger partial charge in [-0.2, -0.15) is 0 Å². The molecule has 1 aromatic carbocycles. The third-order valence-corrected chi connectivity index (χ3v) is 4.31. The number of carbonyl (C=O) groups excluding carboxylic acids is 2. The summed E-state index contributed by atoms with van der Waals surface area (Å²) in [6.07, 6.45) is 0.424. The van der Waals surface area contributed by atoms with Crippen molar-refractivity contribution in [3.8, 4) is 0 Å². The molecule has 1 saturated heterocycles. The summed E-state index contributed by atoms with van der Waals surface area (Å²) < 4.78 is 13.7. The normalized spacial score (nSPS) is 21.4. The monoisotopic (exact) mass is 376 g/mol. The number of benzene rings is 1. The highest BCUT2D eigenvalue weighted by Crippen LogP contribution is 2.38. The molecular formula is C14H15BrClFN2O2. The van der Waals surface area contributed by atoms with Gasteiger partial charge in [-0.15, -0.1) is 0 Å². The Labute approximate surface area is 135 Å². The fourth-order valence-electron chi connectivity index (χ4n) is 2.39. The van der Waals surface area contributed by atoms with Crippen molar-refractivity contribution < 1.29 is 14.0 Å². The van der Waals surface area contributed by atoms with Crippen molar-refractivity contribution in [3.05, 3.63) is 27.4 Å². The number of hydrogen-bond donors (Lipinski definition) is 1. The fourth-order valence-corrected chi connectivity index (χ4v) is 3.43. The number of carbonyl (C=O) groups is 2. The van der Waals surface area contributed by atoms with Crippen molar-refractivity contribution in [1.29, 1.82) is 0 Å². The summed E-state index contributed by atoms with van der Waals surface area (Å²) in [6, 6.07) is 1.67. The van der Waals surface area contributed by atoms with Crippen LogP contribution in [0.3, 0.4) is 0 Å². The van der Waals surface area contributed by atoms with Crippen LogP contribution in [0.15, 0.2) is 16.6 Å². The van der Waals surface area contributed by atoms with E-state index in [0.29, 0.717) is 16.6 Å². The molecule has 4 nitrogen and oxygen atoms in total. The van der Waals surface area contributed by atoms with E-state index in [9.17, 15) is 14.0 Å². The zero-order valence-corrected chi connectivity index (χ0v) is 14.2. The predicted octanol–water partition coefficient (Wildman–Crippen LogP) is 3.26. The Balaban J connectivity index is 2.63. The van der Waals surface area contributed by atoms with E-state index in [0.717, 1.165) is 6.07 Å². The van der Waals surface area contributed by atoms with Crippen molar-refractivity contribution in [3.63, 3.8) is 0 Å². The first-order chi connectivity index (χ1) is 9.69. The third-order valence-electron chi connectivity index (χ3n) is 3.41. The van der Waals surface area contributed by atoms with Crippen molar-refractivity contribution in [2.75, 3.05) is 4.90 Å². The number of nitrogens with one attached hydrogen (secondary N) is 1. The Morgan fingerprint density at radius 2 is 2.05 bits per heavy atom. The van der Waals surface area contributed by atoms with E-state index in [4.69, 9.17) is 11.6 Å². The number of piperazine rings is 1. The van der Waals surface area contributed by atoms with Gasteiger partial charge >= 0.3 is 0 Å². The van der Waals surface area contributed by atoms with Gasteiger partial charge in [-0.3, -0.25) is 14.5 Å².